The average Bonchev–Trinajstić information content (AvgIpc) is 2.27. The molecule has 2 atom stereocenters. The Labute approximate surface area is 101 Å². The first-order valence-electron chi connectivity index (χ1n) is 5.87. The van der Waals surface area contributed by atoms with Crippen molar-refractivity contribution in [2.75, 3.05) is 6.54 Å². The van der Waals surface area contributed by atoms with Crippen LogP contribution in [0, 0.1) is 11.6 Å². The Hall–Kier alpha value is -1.00. The Morgan fingerprint density at radius 1 is 1.24 bits per heavy atom. The smallest absolute Gasteiger partial charge is 0.159 e. The highest BCUT2D eigenvalue weighted by Gasteiger charge is 2.08. The van der Waals surface area contributed by atoms with Gasteiger partial charge in [-0.1, -0.05) is 6.07 Å². The number of aliphatic hydroxyl groups excluding tert-OH is 1. The van der Waals surface area contributed by atoms with E-state index in [1.165, 1.54) is 6.07 Å². The monoisotopic (exact) mass is 243 g/mol. The van der Waals surface area contributed by atoms with Crippen molar-refractivity contribution in [3.8, 4) is 0 Å². The van der Waals surface area contributed by atoms with Gasteiger partial charge in [0.1, 0.15) is 0 Å². The number of aliphatic hydroxyl groups is 1. The number of rotatable bonds is 6. The normalized spacial score (nSPS) is 14.6. The first-order valence-corrected chi connectivity index (χ1v) is 5.87. The highest BCUT2D eigenvalue weighted by atomic mass is 19.2. The topological polar surface area (TPSA) is 32.3 Å². The van der Waals surface area contributed by atoms with E-state index in [-0.39, 0.29) is 12.1 Å². The molecule has 1 aromatic rings. The van der Waals surface area contributed by atoms with Crippen LogP contribution in [0.4, 0.5) is 8.78 Å². The van der Waals surface area contributed by atoms with Gasteiger partial charge in [-0.2, -0.15) is 0 Å². The minimum atomic E-state index is -0.824. The summed E-state index contributed by atoms with van der Waals surface area (Å²) in [7, 11) is 0. The van der Waals surface area contributed by atoms with Crippen molar-refractivity contribution in [1.29, 1.82) is 0 Å². The number of hydrogen-bond acceptors (Lipinski definition) is 2. The third-order valence-electron chi connectivity index (χ3n) is 2.69. The molecule has 0 fully saturated rings. The van der Waals surface area contributed by atoms with E-state index in [1.54, 1.807) is 13.0 Å². The predicted molar refractivity (Wildman–Crippen MR) is 63.7 cm³/mol. The molecule has 0 aliphatic heterocycles. The summed E-state index contributed by atoms with van der Waals surface area (Å²) < 4.78 is 25.7. The van der Waals surface area contributed by atoms with E-state index >= 15 is 0 Å². The Kier molecular flexibility index (Phi) is 5.51. The van der Waals surface area contributed by atoms with E-state index in [0.29, 0.717) is 0 Å². The van der Waals surface area contributed by atoms with E-state index in [2.05, 4.69) is 5.32 Å². The summed E-state index contributed by atoms with van der Waals surface area (Å²) in [6, 6.07) is 3.89. The van der Waals surface area contributed by atoms with Gasteiger partial charge in [-0.3, -0.25) is 0 Å². The first kappa shape index (κ1) is 14.1. The summed E-state index contributed by atoms with van der Waals surface area (Å²) in [6.45, 7) is 4.39. The summed E-state index contributed by atoms with van der Waals surface area (Å²) in [5.41, 5.74) is 0.723. The Bertz CT molecular complexity index is 355. The quantitative estimate of drug-likeness (QED) is 0.753. The van der Waals surface area contributed by atoms with Crippen LogP contribution in [0.3, 0.4) is 0 Å². The molecule has 0 radical (unpaired) electrons. The van der Waals surface area contributed by atoms with Gasteiger partial charge in [0.2, 0.25) is 0 Å². The van der Waals surface area contributed by atoms with E-state index in [9.17, 15) is 8.78 Å². The molecule has 0 heterocycles. The van der Waals surface area contributed by atoms with Crippen LogP contribution < -0.4 is 5.32 Å². The molecule has 0 spiro atoms. The van der Waals surface area contributed by atoms with Crippen molar-refractivity contribution >= 4 is 0 Å². The van der Waals surface area contributed by atoms with Crippen molar-refractivity contribution < 1.29 is 13.9 Å². The molecule has 0 aromatic heterocycles. The van der Waals surface area contributed by atoms with Gasteiger partial charge in [0.05, 0.1) is 6.10 Å². The summed E-state index contributed by atoms with van der Waals surface area (Å²) in [6.07, 6.45) is 1.29. The van der Waals surface area contributed by atoms with Crippen LogP contribution in [-0.4, -0.2) is 17.8 Å². The molecule has 4 heteroatoms. The number of hydrogen-bond donors (Lipinski definition) is 2. The third-order valence-corrected chi connectivity index (χ3v) is 2.69. The van der Waals surface area contributed by atoms with E-state index in [1.807, 2.05) is 6.92 Å². The lowest BCUT2D eigenvalue weighted by Gasteiger charge is -2.14. The summed E-state index contributed by atoms with van der Waals surface area (Å²) in [5.74, 6) is -1.64. The van der Waals surface area contributed by atoms with E-state index in [4.69, 9.17) is 5.11 Å². The first-order chi connectivity index (χ1) is 8.00. The Morgan fingerprint density at radius 3 is 2.53 bits per heavy atom. The lowest BCUT2D eigenvalue weighted by Crippen LogP contribution is -2.21. The highest BCUT2D eigenvalue weighted by Crippen LogP contribution is 2.15. The maximum absolute atomic E-state index is 13.0. The Morgan fingerprint density at radius 2 is 1.94 bits per heavy atom. The van der Waals surface area contributed by atoms with Crippen LogP contribution in [-0.2, 0) is 0 Å². The summed E-state index contributed by atoms with van der Waals surface area (Å²) >= 11 is 0. The average molecular weight is 243 g/mol. The molecule has 1 aromatic carbocycles. The van der Waals surface area contributed by atoms with Gasteiger partial charge in [-0.05, 0) is 50.9 Å². The number of nitrogens with one attached hydrogen (secondary N) is 1. The minimum Gasteiger partial charge on any atom is -0.393 e. The summed E-state index contributed by atoms with van der Waals surface area (Å²) in [5, 5.41) is 12.3. The zero-order chi connectivity index (χ0) is 12.8. The van der Waals surface area contributed by atoms with Crippen molar-refractivity contribution in [3.05, 3.63) is 35.4 Å². The van der Waals surface area contributed by atoms with Crippen molar-refractivity contribution in [3.63, 3.8) is 0 Å². The lowest BCUT2D eigenvalue weighted by molar-refractivity contribution is 0.181. The van der Waals surface area contributed by atoms with Crippen LogP contribution in [0.5, 0.6) is 0 Å². The fraction of sp³-hybridized carbons (Fsp3) is 0.538. The van der Waals surface area contributed by atoms with Gasteiger partial charge in [0.15, 0.2) is 11.6 Å². The molecule has 2 nitrogen and oxygen atoms in total. The van der Waals surface area contributed by atoms with Crippen molar-refractivity contribution in [2.45, 2.75) is 38.8 Å². The molecule has 0 bridgehead atoms. The molecule has 0 amide bonds. The standard InChI is InChI=1S/C13H19F2NO/c1-9(17)4-3-7-16-10(2)11-5-6-12(14)13(15)8-11/h5-6,8-10,16-17H,3-4,7H2,1-2H3. The van der Waals surface area contributed by atoms with Gasteiger partial charge in [0, 0.05) is 6.04 Å². The predicted octanol–water partition coefficient (Wildman–Crippen LogP) is 2.78. The maximum atomic E-state index is 13.0. The number of benzene rings is 1. The SMILES string of the molecule is CC(O)CCCNC(C)c1ccc(F)c(F)c1. The van der Waals surface area contributed by atoms with Crippen molar-refractivity contribution in [2.24, 2.45) is 0 Å². The fourth-order valence-electron chi connectivity index (χ4n) is 1.62. The molecule has 96 valence electrons. The summed E-state index contributed by atoms with van der Waals surface area (Å²) in [4.78, 5) is 0. The molecular weight excluding hydrogens is 224 g/mol. The van der Waals surface area contributed by atoms with Crippen LogP contribution in [0.25, 0.3) is 0 Å². The van der Waals surface area contributed by atoms with E-state index < -0.39 is 11.6 Å². The Balaban J connectivity index is 2.41. The highest BCUT2D eigenvalue weighted by molar-refractivity contribution is 5.20. The zero-order valence-corrected chi connectivity index (χ0v) is 10.2. The number of halogens is 2. The molecule has 1 rings (SSSR count). The second-order valence-electron chi connectivity index (χ2n) is 4.34. The van der Waals surface area contributed by atoms with Gasteiger partial charge < -0.3 is 10.4 Å². The van der Waals surface area contributed by atoms with Gasteiger partial charge in [-0.25, -0.2) is 8.78 Å². The van der Waals surface area contributed by atoms with Gasteiger partial charge >= 0.3 is 0 Å². The van der Waals surface area contributed by atoms with E-state index in [0.717, 1.165) is 31.0 Å². The molecule has 2 N–H and O–H groups in total. The van der Waals surface area contributed by atoms with Crippen molar-refractivity contribution in [1.82, 2.24) is 5.32 Å². The second kappa shape index (κ2) is 6.67. The molecule has 0 saturated heterocycles. The zero-order valence-electron chi connectivity index (χ0n) is 10.2. The van der Waals surface area contributed by atoms with Gasteiger partial charge in [0.25, 0.3) is 0 Å². The molecule has 2 unspecified atom stereocenters. The fourth-order valence-corrected chi connectivity index (χ4v) is 1.62. The van der Waals surface area contributed by atoms with Crippen LogP contribution in [0.1, 0.15) is 38.3 Å². The molecular formula is C13H19F2NO. The van der Waals surface area contributed by atoms with Crippen LogP contribution in [0.2, 0.25) is 0 Å². The lowest BCUT2D eigenvalue weighted by atomic mass is 10.1. The second-order valence-corrected chi connectivity index (χ2v) is 4.34. The van der Waals surface area contributed by atoms with Gasteiger partial charge in [-0.15, -0.1) is 0 Å². The molecule has 17 heavy (non-hydrogen) atoms. The molecule has 0 aliphatic carbocycles. The molecule has 0 saturated carbocycles. The maximum Gasteiger partial charge on any atom is 0.159 e. The third kappa shape index (κ3) is 4.79. The largest absolute Gasteiger partial charge is 0.393 e. The van der Waals surface area contributed by atoms with Crippen LogP contribution in [0.15, 0.2) is 18.2 Å². The van der Waals surface area contributed by atoms with Crippen LogP contribution >= 0.6 is 0 Å². The minimum absolute atomic E-state index is 0.0286. The molecule has 0 aliphatic rings.